The van der Waals surface area contributed by atoms with Gasteiger partial charge < -0.3 is 5.73 Å². The highest BCUT2D eigenvalue weighted by atomic mass is 79.9. The van der Waals surface area contributed by atoms with Crippen LogP contribution in [0.3, 0.4) is 0 Å². The zero-order chi connectivity index (χ0) is 13.4. The van der Waals surface area contributed by atoms with Gasteiger partial charge in [0.05, 0.1) is 11.0 Å². The number of halogens is 1. The number of aromatic nitrogens is 2. The number of hydrogen-bond donors (Lipinski definition) is 1. The number of aryl methyl sites for hydroxylation is 2. The van der Waals surface area contributed by atoms with E-state index >= 15 is 0 Å². The molecule has 1 heterocycles. The molecule has 5 heteroatoms. The number of rotatable bonds is 3. The van der Waals surface area contributed by atoms with E-state index in [4.69, 9.17) is 5.73 Å². The third-order valence-electron chi connectivity index (χ3n) is 3.39. The van der Waals surface area contributed by atoms with Crippen LogP contribution in [0, 0.1) is 0 Å². The Labute approximate surface area is 115 Å². The summed E-state index contributed by atoms with van der Waals surface area (Å²) in [4.78, 5) is 11.9. The molecule has 1 atom stereocenters. The first-order valence-corrected chi connectivity index (χ1v) is 6.87. The molecule has 0 bridgehead atoms. The Morgan fingerprint density at radius 1 is 1.28 bits per heavy atom. The van der Waals surface area contributed by atoms with E-state index in [0.29, 0.717) is 0 Å². The van der Waals surface area contributed by atoms with Crippen molar-refractivity contribution in [1.29, 1.82) is 0 Å². The second kappa shape index (κ2) is 4.90. The minimum atomic E-state index is -0.0156. The number of benzene rings is 1. The smallest absolute Gasteiger partial charge is 0.324 e. The fourth-order valence-electron chi connectivity index (χ4n) is 2.29. The SMILES string of the molecule is CCCC(N)c1cc2c(cc1Br)n(C)c(=O)n2C. The van der Waals surface area contributed by atoms with E-state index < -0.39 is 0 Å². The highest BCUT2D eigenvalue weighted by Gasteiger charge is 2.14. The molecule has 1 unspecified atom stereocenters. The van der Waals surface area contributed by atoms with Crippen molar-refractivity contribution in [2.24, 2.45) is 19.8 Å². The van der Waals surface area contributed by atoms with Gasteiger partial charge in [0.1, 0.15) is 0 Å². The molecule has 0 amide bonds. The van der Waals surface area contributed by atoms with Crippen LogP contribution in [0.4, 0.5) is 0 Å². The Morgan fingerprint density at radius 2 is 1.83 bits per heavy atom. The van der Waals surface area contributed by atoms with Crippen LogP contribution < -0.4 is 11.4 Å². The fraction of sp³-hybridized carbons (Fsp3) is 0.462. The van der Waals surface area contributed by atoms with E-state index in [1.807, 2.05) is 12.1 Å². The van der Waals surface area contributed by atoms with Crippen molar-refractivity contribution in [2.45, 2.75) is 25.8 Å². The molecule has 18 heavy (non-hydrogen) atoms. The lowest BCUT2D eigenvalue weighted by atomic mass is 10.0. The maximum atomic E-state index is 11.9. The van der Waals surface area contributed by atoms with Crippen molar-refractivity contribution in [3.63, 3.8) is 0 Å². The highest BCUT2D eigenvalue weighted by molar-refractivity contribution is 9.10. The molecule has 0 saturated heterocycles. The third kappa shape index (κ3) is 2.01. The highest BCUT2D eigenvalue weighted by Crippen LogP contribution is 2.29. The summed E-state index contributed by atoms with van der Waals surface area (Å²) in [6.07, 6.45) is 1.98. The van der Waals surface area contributed by atoms with E-state index in [2.05, 4.69) is 22.9 Å². The van der Waals surface area contributed by atoms with Crippen LogP contribution in [-0.4, -0.2) is 9.13 Å². The summed E-state index contributed by atoms with van der Waals surface area (Å²) in [5, 5.41) is 0. The third-order valence-corrected chi connectivity index (χ3v) is 4.08. The first kappa shape index (κ1) is 13.4. The van der Waals surface area contributed by atoms with Crippen LogP contribution in [0.5, 0.6) is 0 Å². The molecule has 0 radical (unpaired) electrons. The van der Waals surface area contributed by atoms with Crippen LogP contribution in [0.2, 0.25) is 0 Å². The van der Waals surface area contributed by atoms with E-state index in [-0.39, 0.29) is 11.7 Å². The first-order chi connectivity index (χ1) is 8.47. The average Bonchev–Trinajstić information content (AvgIpc) is 2.54. The topological polar surface area (TPSA) is 52.9 Å². The van der Waals surface area contributed by atoms with Gasteiger partial charge in [-0.05, 0) is 24.1 Å². The van der Waals surface area contributed by atoms with Crippen LogP contribution >= 0.6 is 15.9 Å². The predicted octanol–water partition coefficient (Wildman–Crippen LogP) is 2.44. The van der Waals surface area contributed by atoms with Gasteiger partial charge in [0, 0.05) is 24.6 Å². The minimum Gasteiger partial charge on any atom is -0.324 e. The molecule has 2 N–H and O–H groups in total. The van der Waals surface area contributed by atoms with Crippen molar-refractivity contribution >= 4 is 27.0 Å². The molecule has 0 spiro atoms. The molecule has 0 saturated carbocycles. The van der Waals surface area contributed by atoms with Gasteiger partial charge in [-0.2, -0.15) is 0 Å². The van der Waals surface area contributed by atoms with Crippen molar-refractivity contribution in [3.8, 4) is 0 Å². The lowest BCUT2D eigenvalue weighted by molar-refractivity contribution is 0.636. The quantitative estimate of drug-likeness (QED) is 0.946. The Kier molecular flexibility index (Phi) is 3.64. The summed E-state index contributed by atoms with van der Waals surface area (Å²) in [5.74, 6) is 0. The molecule has 0 fully saturated rings. The molecule has 1 aromatic carbocycles. The van der Waals surface area contributed by atoms with E-state index in [9.17, 15) is 4.79 Å². The fourth-order valence-corrected chi connectivity index (χ4v) is 2.91. The largest absolute Gasteiger partial charge is 0.328 e. The molecule has 0 aliphatic carbocycles. The molecule has 0 aliphatic heterocycles. The van der Waals surface area contributed by atoms with Crippen LogP contribution in [0.15, 0.2) is 21.4 Å². The molecule has 2 rings (SSSR count). The summed E-state index contributed by atoms with van der Waals surface area (Å²) in [7, 11) is 3.57. The zero-order valence-corrected chi connectivity index (χ0v) is 12.5. The normalized spacial score (nSPS) is 13.2. The molecule has 1 aromatic heterocycles. The molecule has 2 aromatic rings. The minimum absolute atomic E-state index is 0.00378. The van der Waals surface area contributed by atoms with Gasteiger partial charge in [0.2, 0.25) is 0 Å². The molecular weight excluding hydrogens is 294 g/mol. The molecule has 98 valence electrons. The first-order valence-electron chi connectivity index (χ1n) is 6.07. The van der Waals surface area contributed by atoms with Crippen LogP contribution in [-0.2, 0) is 14.1 Å². The number of nitrogens with zero attached hydrogens (tertiary/aromatic N) is 2. The summed E-state index contributed by atoms with van der Waals surface area (Å²) >= 11 is 3.55. The molecular formula is C13H18BrN3O. The maximum absolute atomic E-state index is 11.9. The van der Waals surface area contributed by atoms with Gasteiger partial charge in [-0.15, -0.1) is 0 Å². The van der Waals surface area contributed by atoms with Gasteiger partial charge in [-0.25, -0.2) is 4.79 Å². The molecule has 0 aliphatic rings. The lowest BCUT2D eigenvalue weighted by Crippen LogP contribution is -2.19. The summed E-state index contributed by atoms with van der Waals surface area (Å²) < 4.78 is 4.27. The second-order valence-corrected chi connectivity index (χ2v) is 5.51. The predicted molar refractivity (Wildman–Crippen MR) is 77.7 cm³/mol. The summed E-state index contributed by atoms with van der Waals surface area (Å²) in [6.45, 7) is 2.12. The zero-order valence-electron chi connectivity index (χ0n) is 10.9. The second-order valence-electron chi connectivity index (χ2n) is 4.66. The number of nitrogens with two attached hydrogens (primary N) is 1. The van der Waals surface area contributed by atoms with E-state index in [0.717, 1.165) is 33.9 Å². The Morgan fingerprint density at radius 3 is 2.39 bits per heavy atom. The number of fused-ring (bicyclic) bond motifs is 1. The van der Waals surface area contributed by atoms with Gasteiger partial charge >= 0.3 is 5.69 Å². The maximum Gasteiger partial charge on any atom is 0.328 e. The van der Waals surface area contributed by atoms with Crippen molar-refractivity contribution in [1.82, 2.24) is 9.13 Å². The summed E-state index contributed by atoms with van der Waals surface area (Å²) in [5.41, 5.74) is 9.05. The van der Waals surface area contributed by atoms with Crippen molar-refractivity contribution < 1.29 is 0 Å². The average molecular weight is 312 g/mol. The van der Waals surface area contributed by atoms with Gasteiger partial charge in [0.25, 0.3) is 0 Å². The Bertz CT molecular complexity index is 642. The van der Waals surface area contributed by atoms with Gasteiger partial charge in [-0.1, -0.05) is 29.3 Å². The van der Waals surface area contributed by atoms with Gasteiger partial charge in [-0.3, -0.25) is 9.13 Å². The van der Waals surface area contributed by atoms with Crippen molar-refractivity contribution in [3.05, 3.63) is 32.7 Å². The van der Waals surface area contributed by atoms with Crippen LogP contribution in [0.25, 0.3) is 11.0 Å². The Balaban J connectivity index is 2.68. The Hall–Kier alpha value is -1.07. The molecule has 4 nitrogen and oxygen atoms in total. The van der Waals surface area contributed by atoms with E-state index in [1.54, 1.807) is 23.2 Å². The van der Waals surface area contributed by atoms with Gasteiger partial charge in [0.15, 0.2) is 0 Å². The lowest BCUT2D eigenvalue weighted by Gasteiger charge is -2.13. The van der Waals surface area contributed by atoms with Crippen LogP contribution in [0.1, 0.15) is 31.4 Å². The monoisotopic (exact) mass is 311 g/mol. The standard InChI is InChI=1S/C13H18BrN3O/c1-4-5-10(15)8-6-11-12(7-9(8)14)17(3)13(18)16(11)2/h6-7,10H,4-5,15H2,1-3H3. The summed E-state index contributed by atoms with van der Waals surface area (Å²) in [6, 6.07) is 3.99. The van der Waals surface area contributed by atoms with E-state index in [1.165, 1.54) is 0 Å². The number of imidazole rings is 1. The number of hydrogen-bond acceptors (Lipinski definition) is 2. The van der Waals surface area contributed by atoms with Crippen molar-refractivity contribution in [2.75, 3.05) is 0 Å².